The number of nitrogens with one attached hydrogen (secondary N) is 2. The van der Waals surface area contributed by atoms with Crippen LogP contribution in [0.1, 0.15) is 62.4 Å². The number of hydrogen-bond acceptors (Lipinski definition) is 6. The lowest BCUT2D eigenvalue weighted by Crippen LogP contribution is -2.38. The highest BCUT2D eigenvalue weighted by Crippen LogP contribution is 2.31. The number of nitrogens with zero attached hydrogens (tertiary/aromatic N) is 3. The average Bonchev–Trinajstić information content (AvgIpc) is 3.32. The van der Waals surface area contributed by atoms with Crippen LogP contribution in [0.3, 0.4) is 0 Å². The fourth-order valence-electron chi connectivity index (χ4n) is 5.29. The van der Waals surface area contributed by atoms with E-state index in [1.165, 1.54) is 24.8 Å². The van der Waals surface area contributed by atoms with Gasteiger partial charge in [0.2, 0.25) is 5.91 Å². The molecule has 3 heterocycles. The zero-order chi connectivity index (χ0) is 29.2. The van der Waals surface area contributed by atoms with Crippen molar-refractivity contribution in [2.24, 2.45) is 5.92 Å². The van der Waals surface area contributed by atoms with Crippen LogP contribution in [0, 0.1) is 11.7 Å². The lowest BCUT2D eigenvalue weighted by Gasteiger charge is -2.28. The molecule has 1 saturated heterocycles. The Kier molecular flexibility index (Phi) is 11.2. The summed E-state index contributed by atoms with van der Waals surface area (Å²) in [6, 6.07) is 8.11. The maximum absolute atomic E-state index is 14.7. The third-order valence-electron chi connectivity index (χ3n) is 7.66. The predicted octanol–water partition coefficient (Wildman–Crippen LogP) is 4.57. The van der Waals surface area contributed by atoms with Crippen LogP contribution in [0.25, 0.3) is 0 Å². The highest BCUT2D eigenvalue weighted by atomic mass is 19.1. The molecule has 2 aromatic rings. The van der Waals surface area contributed by atoms with Gasteiger partial charge in [0.25, 0.3) is 0 Å². The fourth-order valence-corrected chi connectivity index (χ4v) is 5.29. The van der Waals surface area contributed by atoms with Crippen LogP contribution in [0.4, 0.5) is 15.0 Å². The predicted molar refractivity (Wildman–Crippen MR) is 157 cm³/mol. The number of aromatic nitrogens is 1. The first kappa shape index (κ1) is 30.6. The van der Waals surface area contributed by atoms with Crippen molar-refractivity contribution in [2.75, 3.05) is 58.4 Å². The van der Waals surface area contributed by atoms with E-state index in [9.17, 15) is 14.0 Å². The number of carbonyl (C=O) groups is 2. The van der Waals surface area contributed by atoms with Crippen LogP contribution in [0.2, 0.25) is 0 Å². The topological polar surface area (TPSA) is 96.0 Å². The van der Waals surface area contributed by atoms with Gasteiger partial charge in [0.15, 0.2) is 11.6 Å². The molecule has 4 rings (SSSR count). The van der Waals surface area contributed by atoms with E-state index in [4.69, 9.17) is 14.5 Å². The summed E-state index contributed by atoms with van der Waals surface area (Å²) in [7, 11) is 1.41. The minimum absolute atomic E-state index is 0.0311. The maximum Gasteiger partial charge on any atom is 0.320 e. The van der Waals surface area contributed by atoms with Gasteiger partial charge in [-0.05, 0) is 67.3 Å². The number of carbonyl (C=O) groups excluding carboxylic acids is 2. The molecule has 2 aliphatic rings. The van der Waals surface area contributed by atoms with Gasteiger partial charge in [-0.2, -0.15) is 0 Å². The van der Waals surface area contributed by atoms with Crippen LogP contribution in [0.15, 0.2) is 30.3 Å². The van der Waals surface area contributed by atoms with Crippen molar-refractivity contribution >= 4 is 17.8 Å². The van der Waals surface area contributed by atoms with Gasteiger partial charge in [-0.25, -0.2) is 14.2 Å². The van der Waals surface area contributed by atoms with Crippen LogP contribution in [0.5, 0.6) is 5.75 Å². The Hall–Kier alpha value is -3.40. The molecule has 0 saturated carbocycles. The Morgan fingerprint density at radius 3 is 2.83 bits per heavy atom. The lowest BCUT2D eigenvalue weighted by molar-refractivity contribution is -0.122. The molecule has 0 aliphatic carbocycles. The molecular formula is C31H44FN5O4. The first-order chi connectivity index (χ1) is 19.9. The number of rotatable bonds is 15. The molecule has 1 atom stereocenters. The second kappa shape index (κ2) is 15.0. The van der Waals surface area contributed by atoms with Gasteiger partial charge in [-0.15, -0.1) is 0 Å². The molecular weight excluding hydrogens is 525 g/mol. The SMILES string of the molecule is COc1ccc([C@H](CC(=O)NCCOCCC(C)C)N2CCN(CCCc3ccc4c(n3)NCCC4)C2=O)cc1F. The van der Waals surface area contributed by atoms with Crippen molar-refractivity contribution in [1.29, 1.82) is 0 Å². The number of amides is 3. The number of benzene rings is 1. The molecule has 0 unspecified atom stereocenters. The molecule has 41 heavy (non-hydrogen) atoms. The zero-order valence-corrected chi connectivity index (χ0v) is 24.6. The van der Waals surface area contributed by atoms with Crippen molar-refractivity contribution < 1.29 is 23.5 Å². The van der Waals surface area contributed by atoms with E-state index < -0.39 is 11.9 Å². The van der Waals surface area contributed by atoms with Gasteiger partial charge in [-0.1, -0.05) is 26.0 Å². The summed E-state index contributed by atoms with van der Waals surface area (Å²) < 4.78 is 25.3. The molecule has 10 heteroatoms. The number of ether oxygens (including phenoxy) is 2. The number of anilines is 1. The summed E-state index contributed by atoms with van der Waals surface area (Å²) in [6.45, 7) is 8.28. The molecule has 0 spiro atoms. The molecule has 0 radical (unpaired) electrons. The number of aryl methyl sites for hydroxylation is 2. The quantitative estimate of drug-likeness (QED) is 0.305. The van der Waals surface area contributed by atoms with Crippen molar-refractivity contribution in [3.05, 3.63) is 53.0 Å². The van der Waals surface area contributed by atoms with E-state index in [0.717, 1.165) is 50.2 Å². The van der Waals surface area contributed by atoms with Crippen LogP contribution < -0.4 is 15.4 Å². The first-order valence-corrected chi connectivity index (χ1v) is 14.8. The van der Waals surface area contributed by atoms with Crippen molar-refractivity contribution in [2.45, 2.75) is 58.4 Å². The summed E-state index contributed by atoms with van der Waals surface area (Å²) in [4.78, 5) is 34.6. The van der Waals surface area contributed by atoms with Crippen LogP contribution in [-0.2, 0) is 22.4 Å². The van der Waals surface area contributed by atoms with Gasteiger partial charge >= 0.3 is 6.03 Å². The minimum atomic E-state index is -0.594. The highest BCUT2D eigenvalue weighted by Gasteiger charge is 2.35. The van der Waals surface area contributed by atoms with Crippen molar-refractivity contribution in [3.63, 3.8) is 0 Å². The Balaban J connectivity index is 1.35. The fraction of sp³-hybridized carbons (Fsp3) is 0.581. The van der Waals surface area contributed by atoms with Crippen LogP contribution in [-0.4, -0.2) is 79.8 Å². The molecule has 2 aliphatic heterocycles. The Morgan fingerprint density at radius 2 is 2.05 bits per heavy atom. The van der Waals surface area contributed by atoms with Gasteiger partial charge in [0.05, 0.1) is 26.2 Å². The molecule has 9 nitrogen and oxygen atoms in total. The second-order valence-electron chi connectivity index (χ2n) is 11.2. The smallest absolute Gasteiger partial charge is 0.320 e. The molecule has 0 bridgehead atoms. The third kappa shape index (κ3) is 8.55. The normalized spacial score (nSPS) is 15.6. The van der Waals surface area contributed by atoms with E-state index in [1.54, 1.807) is 11.0 Å². The lowest BCUT2D eigenvalue weighted by atomic mass is 10.0. The molecule has 224 valence electrons. The Morgan fingerprint density at radius 1 is 1.20 bits per heavy atom. The molecule has 1 fully saturated rings. The summed E-state index contributed by atoms with van der Waals surface area (Å²) in [5.74, 6) is 0.926. The summed E-state index contributed by atoms with van der Waals surface area (Å²) in [6.07, 6.45) is 4.73. The largest absolute Gasteiger partial charge is 0.494 e. The van der Waals surface area contributed by atoms with E-state index in [-0.39, 0.29) is 24.1 Å². The van der Waals surface area contributed by atoms with Gasteiger partial charge in [0.1, 0.15) is 5.82 Å². The second-order valence-corrected chi connectivity index (χ2v) is 11.2. The first-order valence-electron chi connectivity index (χ1n) is 14.8. The standard InChI is InChI=1S/C31H44FN5O4/c1-22(2)12-18-41-19-14-33-29(38)21-27(24-9-11-28(40-3)26(32)20-24)37-17-16-36(31(37)39)15-5-7-25-10-8-23-6-4-13-34-30(23)35-25/h8-11,20,22,27H,4-7,12-19,21H2,1-3H3,(H,33,38)(H,34,35)/t27-/m0/s1. The molecule has 2 N–H and O–H groups in total. The van der Waals surface area contributed by atoms with E-state index in [1.807, 2.05) is 4.90 Å². The number of pyridine rings is 1. The van der Waals surface area contributed by atoms with E-state index >= 15 is 0 Å². The highest BCUT2D eigenvalue weighted by molar-refractivity contribution is 5.80. The Bertz CT molecular complexity index is 1180. The number of hydrogen-bond donors (Lipinski definition) is 2. The monoisotopic (exact) mass is 569 g/mol. The van der Waals surface area contributed by atoms with Crippen molar-refractivity contribution in [1.82, 2.24) is 20.1 Å². The van der Waals surface area contributed by atoms with E-state index in [0.29, 0.717) is 50.9 Å². The third-order valence-corrected chi connectivity index (χ3v) is 7.66. The number of urea groups is 1. The molecule has 3 amide bonds. The number of fused-ring (bicyclic) bond motifs is 1. The molecule has 1 aromatic carbocycles. The van der Waals surface area contributed by atoms with E-state index in [2.05, 4.69) is 36.6 Å². The maximum atomic E-state index is 14.7. The van der Waals surface area contributed by atoms with Gasteiger partial charge in [-0.3, -0.25) is 4.79 Å². The van der Waals surface area contributed by atoms with Gasteiger partial charge in [0, 0.05) is 45.0 Å². The average molecular weight is 570 g/mol. The zero-order valence-electron chi connectivity index (χ0n) is 24.6. The summed E-state index contributed by atoms with van der Waals surface area (Å²) >= 11 is 0. The van der Waals surface area contributed by atoms with Crippen molar-refractivity contribution in [3.8, 4) is 5.75 Å². The molecule has 1 aromatic heterocycles. The van der Waals surface area contributed by atoms with Crippen LogP contribution >= 0.6 is 0 Å². The number of halogens is 1. The summed E-state index contributed by atoms with van der Waals surface area (Å²) in [5.41, 5.74) is 2.83. The minimum Gasteiger partial charge on any atom is -0.494 e. The Labute approximate surface area is 242 Å². The van der Waals surface area contributed by atoms with Gasteiger partial charge < -0.3 is 29.9 Å². The number of methoxy groups -OCH3 is 1. The summed E-state index contributed by atoms with van der Waals surface area (Å²) in [5, 5.41) is 6.26.